The molecule has 0 radical (unpaired) electrons. The van der Waals surface area contributed by atoms with Crippen LogP contribution in [-0.4, -0.2) is 95.4 Å². The lowest BCUT2D eigenvalue weighted by Crippen LogP contribution is -2.53. The Kier molecular flexibility index (Phi) is 7.29. The molecule has 7 heteroatoms. The van der Waals surface area contributed by atoms with Crippen molar-refractivity contribution < 1.29 is 19.7 Å². The van der Waals surface area contributed by atoms with E-state index in [1.54, 1.807) is 6.92 Å². The van der Waals surface area contributed by atoms with Gasteiger partial charge in [-0.2, -0.15) is 0 Å². The second-order valence-electron chi connectivity index (χ2n) is 8.04. The van der Waals surface area contributed by atoms with Crippen LogP contribution in [0.2, 0.25) is 0 Å². The van der Waals surface area contributed by atoms with Gasteiger partial charge in [0.1, 0.15) is 5.75 Å². The van der Waals surface area contributed by atoms with E-state index in [1.807, 2.05) is 17.0 Å². The molecule has 2 saturated heterocycles. The largest absolute Gasteiger partial charge is 0.494 e. The molecule has 1 atom stereocenters. The first-order chi connectivity index (χ1) is 13.5. The fourth-order valence-electron chi connectivity index (χ4n) is 4.05. The van der Waals surface area contributed by atoms with Crippen LogP contribution in [0.25, 0.3) is 0 Å². The monoisotopic (exact) mass is 391 g/mol. The number of nitrogens with zero attached hydrogens (tertiary/aromatic N) is 3. The minimum Gasteiger partial charge on any atom is -0.494 e. The highest BCUT2D eigenvalue weighted by Gasteiger charge is 2.38. The maximum absolute atomic E-state index is 11.4. The molecular formula is C21H33N3O4. The SMILES string of the molecule is CC(=O)N1CCN(CC2(O)CCN(Cc3ccc(OCCCO)cc3)C2)CC1. The minimum atomic E-state index is -0.675. The zero-order chi connectivity index (χ0) is 20.0. The van der Waals surface area contributed by atoms with Gasteiger partial charge >= 0.3 is 0 Å². The fourth-order valence-corrected chi connectivity index (χ4v) is 4.05. The van der Waals surface area contributed by atoms with E-state index in [4.69, 9.17) is 9.84 Å². The zero-order valence-electron chi connectivity index (χ0n) is 16.8. The van der Waals surface area contributed by atoms with Gasteiger partial charge in [-0.3, -0.25) is 14.6 Å². The standard InChI is InChI=1S/C21H33N3O4/c1-18(26)24-11-9-22(10-12-24)16-21(27)7-8-23(17-21)15-19-3-5-20(6-4-19)28-14-2-13-25/h3-6,25,27H,2,7-17H2,1H3. The van der Waals surface area contributed by atoms with Crippen LogP contribution in [0.15, 0.2) is 24.3 Å². The number of ether oxygens (including phenoxy) is 1. The number of piperazine rings is 1. The van der Waals surface area contributed by atoms with E-state index in [0.29, 0.717) is 26.1 Å². The highest BCUT2D eigenvalue weighted by atomic mass is 16.5. The van der Waals surface area contributed by atoms with E-state index >= 15 is 0 Å². The number of β-amino-alcohol motifs (C(OH)–C–C–N with tert-alkyl or cyclic N) is 1. The molecule has 1 aromatic carbocycles. The number of likely N-dealkylation sites (tertiary alicyclic amines) is 1. The van der Waals surface area contributed by atoms with Crippen molar-refractivity contribution in [3.8, 4) is 5.75 Å². The minimum absolute atomic E-state index is 0.134. The van der Waals surface area contributed by atoms with Crippen LogP contribution in [0.4, 0.5) is 0 Å². The van der Waals surface area contributed by atoms with Gasteiger partial charge in [-0.05, 0) is 24.1 Å². The number of benzene rings is 1. The van der Waals surface area contributed by atoms with E-state index in [0.717, 1.165) is 51.4 Å². The maximum atomic E-state index is 11.4. The van der Waals surface area contributed by atoms with Gasteiger partial charge in [-0.25, -0.2) is 0 Å². The van der Waals surface area contributed by atoms with Gasteiger partial charge in [0.05, 0.1) is 12.2 Å². The predicted octanol–water partition coefficient (Wildman–Crippen LogP) is 0.549. The van der Waals surface area contributed by atoms with E-state index in [-0.39, 0.29) is 12.5 Å². The fraction of sp³-hybridized carbons (Fsp3) is 0.667. The lowest BCUT2D eigenvalue weighted by atomic mass is 10.0. The topological polar surface area (TPSA) is 76.5 Å². The first kappa shape index (κ1) is 21.0. The third kappa shape index (κ3) is 5.91. The smallest absolute Gasteiger partial charge is 0.219 e. The lowest BCUT2D eigenvalue weighted by Gasteiger charge is -2.38. The van der Waals surface area contributed by atoms with Crippen LogP contribution in [0.1, 0.15) is 25.3 Å². The average molecular weight is 392 g/mol. The Morgan fingerprint density at radius 3 is 2.46 bits per heavy atom. The number of hydrogen-bond acceptors (Lipinski definition) is 6. The first-order valence-corrected chi connectivity index (χ1v) is 10.2. The number of carbonyl (C=O) groups excluding carboxylic acids is 1. The van der Waals surface area contributed by atoms with Crippen molar-refractivity contribution in [2.75, 3.05) is 59.0 Å². The molecule has 0 saturated carbocycles. The maximum Gasteiger partial charge on any atom is 0.219 e. The van der Waals surface area contributed by atoms with Gasteiger partial charge in [0.2, 0.25) is 5.91 Å². The highest BCUT2D eigenvalue weighted by Crippen LogP contribution is 2.25. The van der Waals surface area contributed by atoms with Crippen molar-refractivity contribution in [2.45, 2.75) is 31.9 Å². The molecule has 0 aromatic heterocycles. The van der Waals surface area contributed by atoms with Crippen molar-refractivity contribution in [1.82, 2.24) is 14.7 Å². The summed E-state index contributed by atoms with van der Waals surface area (Å²) >= 11 is 0. The number of aliphatic hydroxyl groups excluding tert-OH is 1. The summed E-state index contributed by atoms with van der Waals surface area (Å²) in [7, 11) is 0. The second kappa shape index (κ2) is 9.69. The van der Waals surface area contributed by atoms with Gasteiger partial charge in [0, 0.05) is 72.3 Å². The number of aliphatic hydroxyl groups is 2. The zero-order valence-corrected chi connectivity index (χ0v) is 16.8. The van der Waals surface area contributed by atoms with Crippen LogP contribution >= 0.6 is 0 Å². The molecule has 7 nitrogen and oxygen atoms in total. The quantitative estimate of drug-likeness (QED) is 0.631. The molecule has 1 amide bonds. The third-order valence-electron chi connectivity index (χ3n) is 5.65. The van der Waals surface area contributed by atoms with Crippen LogP contribution in [0.5, 0.6) is 5.75 Å². The van der Waals surface area contributed by atoms with Gasteiger partial charge in [0.15, 0.2) is 0 Å². The summed E-state index contributed by atoms with van der Waals surface area (Å²) in [6.45, 7) is 8.50. The van der Waals surface area contributed by atoms with Crippen molar-refractivity contribution in [3.63, 3.8) is 0 Å². The molecule has 28 heavy (non-hydrogen) atoms. The Labute approximate surface area is 167 Å². The first-order valence-electron chi connectivity index (χ1n) is 10.2. The molecule has 156 valence electrons. The Morgan fingerprint density at radius 1 is 1.11 bits per heavy atom. The Morgan fingerprint density at radius 2 is 1.82 bits per heavy atom. The van der Waals surface area contributed by atoms with Gasteiger partial charge in [-0.1, -0.05) is 12.1 Å². The molecule has 2 fully saturated rings. The van der Waals surface area contributed by atoms with E-state index in [2.05, 4.69) is 21.9 Å². The van der Waals surface area contributed by atoms with Crippen LogP contribution in [-0.2, 0) is 11.3 Å². The Bertz CT molecular complexity index is 631. The Balaban J connectivity index is 1.43. The van der Waals surface area contributed by atoms with Crippen molar-refractivity contribution in [1.29, 1.82) is 0 Å². The summed E-state index contributed by atoms with van der Waals surface area (Å²) in [6.07, 6.45) is 1.42. The number of rotatable bonds is 8. The molecule has 0 bridgehead atoms. The molecule has 2 heterocycles. The molecule has 0 aliphatic carbocycles. The van der Waals surface area contributed by atoms with E-state index in [1.165, 1.54) is 5.56 Å². The van der Waals surface area contributed by atoms with Crippen LogP contribution in [0.3, 0.4) is 0 Å². The van der Waals surface area contributed by atoms with Crippen molar-refractivity contribution >= 4 is 5.91 Å². The number of hydrogen-bond donors (Lipinski definition) is 2. The molecular weight excluding hydrogens is 358 g/mol. The summed E-state index contributed by atoms with van der Waals surface area (Å²) < 4.78 is 5.57. The highest BCUT2D eigenvalue weighted by molar-refractivity contribution is 5.73. The predicted molar refractivity (Wildman–Crippen MR) is 107 cm³/mol. The summed E-state index contributed by atoms with van der Waals surface area (Å²) in [5.41, 5.74) is 0.528. The van der Waals surface area contributed by atoms with Gasteiger partial charge in [0.25, 0.3) is 0 Å². The third-order valence-corrected chi connectivity index (χ3v) is 5.65. The lowest BCUT2D eigenvalue weighted by molar-refractivity contribution is -0.130. The molecule has 2 N–H and O–H groups in total. The van der Waals surface area contributed by atoms with E-state index in [9.17, 15) is 9.90 Å². The summed E-state index contributed by atoms with van der Waals surface area (Å²) in [4.78, 5) is 17.9. The summed E-state index contributed by atoms with van der Waals surface area (Å²) in [5, 5.41) is 19.8. The second-order valence-corrected chi connectivity index (χ2v) is 8.04. The molecule has 2 aliphatic rings. The Hall–Kier alpha value is -1.67. The number of amides is 1. The molecule has 0 spiro atoms. The molecule has 1 unspecified atom stereocenters. The van der Waals surface area contributed by atoms with Gasteiger partial charge < -0.3 is 19.8 Å². The normalized spacial score (nSPS) is 23.9. The van der Waals surface area contributed by atoms with E-state index < -0.39 is 5.60 Å². The molecule has 2 aliphatic heterocycles. The summed E-state index contributed by atoms with van der Waals surface area (Å²) in [5.74, 6) is 0.954. The van der Waals surface area contributed by atoms with Crippen LogP contribution < -0.4 is 4.74 Å². The number of carbonyl (C=O) groups is 1. The van der Waals surface area contributed by atoms with Crippen LogP contribution in [0, 0.1) is 0 Å². The van der Waals surface area contributed by atoms with Crippen molar-refractivity contribution in [2.24, 2.45) is 0 Å². The van der Waals surface area contributed by atoms with Crippen molar-refractivity contribution in [3.05, 3.63) is 29.8 Å². The molecule has 3 rings (SSSR count). The molecule has 1 aromatic rings. The summed E-state index contributed by atoms with van der Waals surface area (Å²) in [6, 6.07) is 8.05. The average Bonchev–Trinajstić information content (AvgIpc) is 3.04. The van der Waals surface area contributed by atoms with Gasteiger partial charge in [-0.15, -0.1) is 0 Å².